The lowest BCUT2D eigenvalue weighted by Crippen LogP contribution is -2.63. The van der Waals surface area contributed by atoms with Crippen LogP contribution in [0.2, 0.25) is 0 Å². The molecular weight excluding hydrogens is 361 g/mol. The summed E-state index contributed by atoms with van der Waals surface area (Å²) in [4.78, 5) is 28.8. The number of hydrogen-bond donors (Lipinski definition) is 2. The number of aromatic nitrogens is 2. The largest absolute Gasteiger partial charge is 0.440 e. The van der Waals surface area contributed by atoms with Gasteiger partial charge < -0.3 is 5.32 Å². The maximum atomic E-state index is 14.1. The molecule has 2 heterocycles. The molecule has 2 aliphatic rings. The van der Waals surface area contributed by atoms with E-state index in [1.54, 1.807) is 18.2 Å². The average molecular weight is 380 g/mol. The minimum atomic E-state index is -5.03. The van der Waals surface area contributed by atoms with E-state index < -0.39 is 23.7 Å². The van der Waals surface area contributed by atoms with Gasteiger partial charge in [-0.25, -0.2) is 4.98 Å². The molecule has 0 spiro atoms. The van der Waals surface area contributed by atoms with E-state index in [0.717, 1.165) is 30.3 Å². The predicted molar refractivity (Wildman–Crippen MR) is 91.7 cm³/mol. The van der Waals surface area contributed by atoms with Crippen LogP contribution < -0.4 is 10.6 Å². The number of anilines is 1. The van der Waals surface area contributed by atoms with Gasteiger partial charge in [0.25, 0.3) is 11.6 Å². The Morgan fingerprint density at radius 3 is 2.70 bits per heavy atom. The number of amides is 2. The van der Waals surface area contributed by atoms with Crippen LogP contribution in [0.25, 0.3) is 11.0 Å². The van der Waals surface area contributed by atoms with E-state index in [-0.39, 0.29) is 17.9 Å². The van der Waals surface area contributed by atoms with E-state index in [4.69, 9.17) is 0 Å². The minimum absolute atomic E-state index is 0.0439. The average Bonchev–Trinajstić information content (AvgIpc) is 3.29. The summed E-state index contributed by atoms with van der Waals surface area (Å²) in [6.07, 6.45) is -0.383. The summed E-state index contributed by atoms with van der Waals surface area (Å²) in [5.41, 5.74) is -2.76. The van der Waals surface area contributed by atoms with Crippen molar-refractivity contribution >= 4 is 28.8 Å². The Morgan fingerprint density at radius 1 is 1.30 bits per heavy atom. The second kappa shape index (κ2) is 6.24. The Kier molecular flexibility index (Phi) is 4.12. The molecule has 1 aromatic carbocycles. The lowest BCUT2D eigenvalue weighted by Gasteiger charge is -2.32. The van der Waals surface area contributed by atoms with Crippen molar-refractivity contribution in [2.24, 2.45) is 5.92 Å². The number of carbonyl (C=O) groups excluding carboxylic acids is 2. The number of imidazole rings is 1. The van der Waals surface area contributed by atoms with Gasteiger partial charge in [0.15, 0.2) is 0 Å². The van der Waals surface area contributed by atoms with E-state index in [2.05, 4.69) is 10.3 Å². The summed E-state index contributed by atoms with van der Waals surface area (Å²) >= 11 is 0. The minimum Gasteiger partial charge on any atom is -0.317 e. The quantitative estimate of drug-likeness (QED) is 0.855. The summed E-state index contributed by atoms with van der Waals surface area (Å²) in [5, 5.41) is 4.15. The van der Waals surface area contributed by atoms with Crippen LogP contribution >= 0.6 is 0 Å². The number of nitrogens with one attached hydrogen (secondary N) is 2. The molecule has 0 radical (unpaired) electrons. The molecule has 2 aromatic rings. The van der Waals surface area contributed by atoms with Crippen molar-refractivity contribution in [3.63, 3.8) is 0 Å². The van der Waals surface area contributed by atoms with Crippen molar-refractivity contribution in [1.82, 2.24) is 14.9 Å². The second-order valence-electron chi connectivity index (χ2n) is 7.16. The standard InChI is InChI=1S/C18H19F3N4O2/c19-18(20,21)17(24-14(26)10-9-11-5-1-2-6-11)15(27)23-16-22-12-7-3-4-8-13(12)25(16)17/h3-4,7-8,11H,1-2,5-6,9-10H2,(H,24,26)(H,22,23,27). The topological polar surface area (TPSA) is 76.0 Å². The Balaban J connectivity index is 1.69. The number of rotatable bonds is 4. The summed E-state index contributed by atoms with van der Waals surface area (Å²) in [6, 6.07) is 6.19. The molecule has 1 saturated carbocycles. The molecule has 2 amide bonds. The number of alkyl halides is 3. The van der Waals surface area contributed by atoms with Gasteiger partial charge in [-0.2, -0.15) is 13.2 Å². The zero-order valence-corrected chi connectivity index (χ0v) is 14.5. The van der Waals surface area contributed by atoms with Crippen LogP contribution in [0, 0.1) is 5.92 Å². The molecule has 1 atom stereocenters. The van der Waals surface area contributed by atoms with Crippen molar-refractivity contribution in [3.05, 3.63) is 24.3 Å². The number of benzene rings is 1. The van der Waals surface area contributed by atoms with Gasteiger partial charge in [0, 0.05) is 6.42 Å². The molecule has 2 N–H and O–H groups in total. The van der Waals surface area contributed by atoms with Crippen LogP contribution in [-0.2, 0) is 15.3 Å². The van der Waals surface area contributed by atoms with Gasteiger partial charge in [0.2, 0.25) is 11.9 Å². The fourth-order valence-electron chi connectivity index (χ4n) is 4.08. The molecule has 27 heavy (non-hydrogen) atoms. The maximum absolute atomic E-state index is 14.1. The van der Waals surface area contributed by atoms with Gasteiger partial charge in [-0.3, -0.25) is 19.5 Å². The van der Waals surface area contributed by atoms with E-state index in [1.165, 1.54) is 6.07 Å². The first kappa shape index (κ1) is 17.8. The highest BCUT2D eigenvalue weighted by Gasteiger charge is 2.67. The number of carbonyl (C=O) groups is 2. The van der Waals surface area contributed by atoms with Crippen molar-refractivity contribution < 1.29 is 22.8 Å². The van der Waals surface area contributed by atoms with E-state index in [9.17, 15) is 22.8 Å². The number of para-hydroxylation sites is 2. The van der Waals surface area contributed by atoms with Crippen LogP contribution in [0.5, 0.6) is 0 Å². The summed E-state index contributed by atoms with van der Waals surface area (Å²) in [5.74, 6) is -2.01. The van der Waals surface area contributed by atoms with Crippen LogP contribution in [-0.4, -0.2) is 27.5 Å². The first-order valence-corrected chi connectivity index (χ1v) is 9.00. The Labute approximate surface area is 153 Å². The molecular formula is C18H19F3N4O2. The number of nitrogens with zero attached hydrogens (tertiary/aromatic N) is 2. The fourth-order valence-corrected chi connectivity index (χ4v) is 4.08. The molecule has 1 aliphatic heterocycles. The molecule has 9 heteroatoms. The fraction of sp³-hybridized carbons (Fsp3) is 0.500. The number of fused-ring (bicyclic) bond motifs is 3. The SMILES string of the molecule is O=C(CCC1CCCC1)NC1(C(F)(F)F)C(=O)Nc2nc3ccccc3n21. The Hall–Kier alpha value is -2.58. The first-order valence-electron chi connectivity index (χ1n) is 9.00. The molecule has 1 aromatic heterocycles. The maximum Gasteiger partial charge on any atom is 0.440 e. The zero-order chi connectivity index (χ0) is 19.2. The monoisotopic (exact) mass is 380 g/mol. The zero-order valence-electron chi connectivity index (χ0n) is 14.5. The highest BCUT2D eigenvalue weighted by Crippen LogP contribution is 2.44. The van der Waals surface area contributed by atoms with Gasteiger partial charge in [-0.05, 0) is 24.5 Å². The molecule has 144 valence electrons. The summed E-state index contributed by atoms with van der Waals surface area (Å²) in [6.45, 7) is 0. The van der Waals surface area contributed by atoms with Crippen LogP contribution in [0.1, 0.15) is 38.5 Å². The highest BCUT2D eigenvalue weighted by atomic mass is 19.4. The third-order valence-corrected chi connectivity index (χ3v) is 5.44. The highest BCUT2D eigenvalue weighted by molar-refractivity contribution is 6.05. The Morgan fingerprint density at radius 2 is 2.00 bits per heavy atom. The molecule has 1 fully saturated rings. The van der Waals surface area contributed by atoms with E-state index >= 15 is 0 Å². The lowest BCUT2D eigenvalue weighted by atomic mass is 10.0. The van der Waals surface area contributed by atoms with Crippen LogP contribution in [0.3, 0.4) is 0 Å². The molecule has 1 aliphatic carbocycles. The molecule has 0 bridgehead atoms. The summed E-state index contributed by atoms with van der Waals surface area (Å²) < 4.78 is 43.1. The van der Waals surface area contributed by atoms with Crippen molar-refractivity contribution in [2.45, 2.75) is 50.4 Å². The number of hydrogen-bond acceptors (Lipinski definition) is 3. The van der Waals surface area contributed by atoms with Gasteiger partial charge in [0.05, 0.1) is 11.0 Å². The van der Waals surface area contributed by atoms with Gasteiger partial charge in [-0.1, -0.05) is 37.8 Å². The lowest BCUT2D eigenvalue weighted by molar-refractivity contribution is -0.217. The molecule has 4 rings (SSSR count). The molecule has 0 saturated heterocycles. The second-order valence-corrected chi connectivity index (χ2v) is 7.16. The number of halogens is 3. The summed E-state index contributed by atoms with van der Waals surface area (Å²) in [7, 11) is 0. The first-order chi connectivity index (χ1) is 12.8. The van der Waals surface area contributed by atoms with Gasteiger partial charge in [0.1, 0.15) is 0 Å². The third-order valence-electron chi connectivity index (χ3n) is 5.44. The van der Waals surface area contributed by atoms with Crippen LogP contribution in [0.4, 0.5) is 19.1 Å². The van der Waals surface area contributed by atoms with E-state index in [1.807, 2.05) is 5.32 Å². The molecule has 1 unspecified atom stereocenters. The van der Waals surface area contributed by atoms with Crippen molar-refractivity contribution in [2.75, 3.05) is 5.32 Å². The van der Waals surface area contributed by atoms with Gasteiger partial charge >= 0.3 is 6.18 Å². The normalized spacial score (nSPS) is 22.9. The van der Waals surface area contributed by atoms with E-state index in [0.29, 0.717) is 17.9 Å². The Bertz CT molecular complexity index is 902. The predicted octanol–water partition coefficient (Wildman–Crippen LogP) is 3.29. The van der Waals surface area contributed by atoms with Crippen molar-refractivity contribution in [3.8, 4) is 0 Å². The van der Waals surface area contributed by atoms with Crippen molar-refractivity contribution in [1.29, 1.82) is 0 Å². The smallest absolute Gasteiger partial charge is 0.317 e. The van der Waals surface area contributed by atoms with Gasteiger partial charge in [-0.15, -0.1) is 0 Å². The molecule has 6 nitrogen and oxygen atoms in total. The third kappa shape index (κ3) is 2.76. The van der Waals surface area contributed by atoms with Crippen LogP contribution in [0.15, 0.2) is 24.3 Å².